The van der Waals surface area contributed by atoms with Gasteiger partial charge in [0.1, 0.15) is 0 Å². The third-order valence-corrected chi connectivity index (χ3v) is 3.46. The summed E-state index contributed by atoms with van der Waals surface area (Å²) in [6.45, 7) is 5.81. The van der Waals surface area contributed by atoms with Crippen molar-refractivity contribution in [2.24, 2.45) is 5.92 Å². The maximum Gasteiger partial charge on any atom is 0.0562 e. The van der Waals surface area contributed by atoms with Gasteiger partial charge in [0.2, 0.25) is 0 Å². The van der Waals surface area contributed by atoms with E-state index >= 15 is 0 Å². The van der Waals surface area contributed by atoms with Crippen molar-refractivity contribution in [3.8, 4) is 0 Å². The number of nitrogens with two attached hydrogens (primary N) is 1. The maximum atomic E-state index is 6.05. The number of hydrogen-bond acceptors (Lipinski definition) is 3. The molecule has 2 nitrogen and oxygen atoms in total. The van der Waals surface area contributed by atoms with Gasteiger partial charge < -0.3 is 10.5 Å². The lowest BCUT2D eigenvalue weighted by Gasteiger charge is -2.09. The minimum absolute atomic E-state index is 0.579. The van der Waals surface area contributed by atoms with Gasteiger partial charge in [0.25, 0.3) is 0 Å². The van der Waals surface area contributed by atoms with Gasteiger partial charge in [-0.1, -0.05) is 31.5 Å². The van der Waals surface area contributed by atoms with E-state index in [1.807, 2.05) is 18.2 Å². The van der Waals surface area contributed by atoms with E-state index in [9.17, 15) is 0 Å². The second kappa shape index (κ2) is 7.05. The third kappa shape index (κ3) is 4.64. The van der Waals surface area contributed by atoms with Crippen molar-refractivity contribution in [1.82, 2.24) is 0 Å². The Kier molecular flexibility index (Phi) is 6.03. The maximum absolute atomic E-state index is 6.05. The Labute approximate surface area is 107 Å². The van der Waals surface area contributed by atoms with Crippen LogP contribution >= 0.6 is 23.4 Å². The summed E-state index contributed by atoms with van der Waals surface area (Å²) in [5.41, 5.74) is 6.58. The SMILES string of the molecule is CC(C)COCCSc1c(N)cccc1Cl. The number of halogens is 1. The summed E-state index contributed by atoms with van der Waals surface area (Å²) < 4.78 is 5.49. The highest BCUT2D eigenvalue weighted by Gasteiger charge is 2.04. The smallest absolute Gasteiger partial charge is 0.0562 e. The summed E-state index contributed by atoms with van der Waals surface area (Å²) in [4.78, 5) is 0.956. The molecule has 0 saturated heterocycles. The van der Waals surface area contributed by atoms with E-state index < -0.39 is 0 Å². The average Bonchev–Trinajstić information content (AvgIpc) is 2.21. The summed E-state index contributed by atoms with van der Waals surface area (Å²) >= 11 is 7.69. The molecule has 0 aliphatic heterocycles. The van der Waals surface area contributed by atoms with Gasteiger partial charge in [0.05, 0.1) is 11.6 Å². The van der Waals surface area contributed by atoms with Crippen LogP contribution in [0.5, 0.6) is 0 Å². The average molecular weight is 260 g/mol. The Morgan fingerprint density at radius 2 is 2.19 bits per heavy atom. The van der Waals surface area contributed by atoms with Gasteiger partial charge in [-0.2, -0.15) is 0 Å². The van der Waals surface area contributed by atoms with Crippen LogP contribution in [0.15, 0.2) is 23.1 Å². The standard InChI is InChI=1S/C12H18ClNOS/c1-9(2)8-15-6-7-16-12-10(13)4-3-5-11(12)14/h3-5,9H,6-8,14H2,1-2H3. The molecule has 2 N–H and O–H groups in total. The van der Waals surface area contributed by atoms with E-state index in [1.54, 1.807) is 11.8 Å². The quantitative estimate of drug-likeness (QED) is 0.481. The van der Waals surface area contributed by atoms with Gasteiger partial charge in [0, 0.05) is 22.9 Å². The molecule has 0 aliphatic rings. The normalized spacial score (nSPS) is 11.0. The van der Waals surface area contributed by atoms with Crippen LogP contribution in [0.3, 0.4) is 0 Å². The number of hydrogen-bond donors (Lipinski definition) is 1. The first-order valence-corrected chi connectivity index (χ1v) is 6.72. The minimum atomic E-state index is 0.579. The van der Waals surface area contributed by atoms with Crippen LogP contribution in [-0.2, 0) is 4.74 Å². The van der Waals surface area contributed by atoms with E-state index in [-0.39, 0.29) is 0 Å². The Morgan fingerprint density at radius 3 is 2.81 bits per heavy atom. The summed E-state index contributed by atoms with van der Waals surface area (Å²) in [7, 11) is 0. The predicted octanol–water partition coefficient (Wildman–Crippen LogP) is 3.69. The van der Waals surface area contributed by atoms with Crippen molar-refractivity contribution < 1.29 is 4.74 Å². The molecule has 0 saturated carbocycles. The van der Waals surface area contributed by atoms with Crippen LogP contribution in [0.1, 0.15) is 13.8 Å². The lowest BCUT2D eigenvalue weighted by Crippen LogP contribution is -2.04. The van der Waals surface area contributed by atoms with Gasteiger partial charge in [-0.25, -0.2) is 0 Å². The minimum Gasteiger partial charge on any atom is -0.398 e. The van der Waals surface area contributed by atoms with Gasteiger partial charge in [-0.05, 0) is 18.1 Å². The molecule has 0 amide bonds. The largest absolute Gasteiger partial charge is 0.398 e. The van der Waals surface area contributed by atoms with Crippen LogP contribution in [0, 0.1) is 5.92 Å². The molecule has 0 fully saturated rings. The Morgan fingerprint density at radius 1 is 1.44 bits per heavy atom. The number of rotatable bonds is 6. The highest BCUT2D eigenvalue weighted by atomic mass is 35.5. The molecule has 16 heavy (non-hydrogen) atoms. The first kappa shape index (κ1) is 13.7. The van der Waals surface area contributed by atoms with Crippen LogP contribution < -0.4 is 5.73 Å². The number of nitrogen functional groups attached to an aromatic ring is 1. The second-order valence-corrected chi connectivity index (χ2v) is 5.49. The highest BCUT2D eigenvalue weighted by molar-refractivity contribution is 7.99. The monoisotopic (exact) mass is 259 g/mol. The van der Waals surface area contributed by atoms with Crippen LogP contribution in [0.2, 0.25) is 5.02 Å². The number of thioether (sulfide) groups is 1. The lowest BCUT2D eigenvalue weighted by atomic mass is 10.2. The van der Waals surface area contributed by atoms with Gasteiger partial charge in [-0.3, -0.25) is 0 Å². The molecule has 0 unspecified atom stereocenters. The van der Waals surface area contributed by atoms with E-state index in [0.717, 1.165) is 29.5 Å². The highest BCUT2D eigenvalue weighted by Crippen LogP contribution is 2.32. The third-order valence-electron chi connectivity index (χ3n) is 1.92. The van der Waals surface area contributed by atoms with Crippen LogP contribution in [0.4, 0.5) is 5.69 Å². The topological polar surface area (TPSA) is 35.2 Å². The zero-order valence-electron chi connectivity index (χ0n) is 9.70. The molecule has 0 aromatic heterocycles. The number of anilines is 1. The molecule has 1 aromatic carbocycles. The van der Waals surface area contributed by atoms with Crippen molar-refractivity contribution in [3.05, 3.63) is 23.2 Å². The van der Waals surface area contributed by atoms with Gasteiger partial charge in [0.15, 0.2) is 0 Å². The molecule has 0 heterocycles. The Balaban J connectivity index is 2.32. The van der Waals surface area contributed by atoms with Gasteiger partial charge >= 0.3 is 0 Å². The molecule has 0 radical (unpaired) electrons. The zero-order valence-corrected chi connectivity index (χ0v) is 11.3. The molecule has 4 heteroatoms. The fourth-order valence-electron chi connectivity index (χ4n) is 1.20. The summed E-state index contributed by atoms with van der Waals surface area (Å²) in [5, 5.41) is 0.717. The molecule has 1 rings (SSSR count). The van der Waals surface area contributed by atoms with E-state index in [1.165, 1.54) is 0 Å². The van der Waals surface area contributed by atoms with Crippen molar-refractivity contribution in [2.45, 2.75) is 18.7 Å². The molecule has 0 spiro atoms. The van der Waals surface area contributed by atoms with Crippen LogP contribution in [0.25, 0.3) is 0 Å². The van der Waals surface area contributed by atoms with E-state index in [0.29, 0.717) is 10.9 Å². The Bertz CT molecular complexity index is 311. The molecular weight excluding hydrogens is 242 g/mol. The zero-order chi connectivity index (χ0) is 12.0. The number of ether oxygens (including phenoxy) is 1. The molecule has 0 bridgehead atoms. The molecular formula is C12H18ClNOS. The predicted molar refractivity (Wildman–Crippen MR) is 72.2 cm³/mol. The fourth-order valence-corrected chi connectivity index (χ4v) is 2.39. The van der Waals surface area contributed by atoms with E-state index in [2.05, 4.69) is 13.8 Å². The lowest BCUT2D eigenvalue weighted by molar-refractivity contribution is 0.124. The molecule has 0 atom stereocenters. The fraction of sp³-hybridized carbons (Fsp3) is 0.500. The van der Waals surface area contributed by atoms with Gasteiger partial charge in [-0.15, -0.1) is 11.8 Å². The summed E-state index contributed by atoms with van der Waals surface area (Å²) in [5.74, 6) is 1.45. The molecule has 0 aliphatic carbocycles. The van der Waals surface area contributed by atoms with Crippen molar-refractivity contribution in [3.63, 3.8) is 0 Å². The van der Waals surface area contributed by atoms with Crippen molar-refractivity contribution >= 4 is 29.1 Å². The van der Waals surface area contributed by atoms with Crippen molar-refractivity contribution in [1.29, 1.82) is 0 Å². The van der Waals surface area contributed by atoms with E-state index in [4.69, 9.17) is 22.1 Å². The summed E-state index contributed by atoms with van der Waals surface area (Å²) in [6, 6.07) is 5.58. The first-order chi connectivity index (χ1) is 7.61. The molecule has 1 aromatic rings. The number of benzene rings is 1. The van der Waals surface area contributed by atoms with Crippen molar-refractivity contribution in [2.75, 3.05) is 24.7 Å². The van der Waals surface area contributed by atoms with Crippen LogP contribution in [-0.4, -0.2) is 19.0 Å². The first-order valence-electron chi connectivity index (χ1n) is 5.35. The second-order valence-electron chi connectivity index (χ2n) is 3.98. The molecule has 90 valence electrons. The summed E-state index contributed by atoms with van der Waals surface area (Å²) in [6.07, 6.45) is 0. The Hall–Kier alpha value is -0.380.